The third kappa shape index (κ3) is 2.97. The second kappa shape index (κ2) is 5.68. The summed E-state index contributed by atoms with van der Waals surface area (Å²) in [5, 5.41) is 10.6. The smallest absolute Gasteiger partial charge is 0.0730 e. The second-order valence-corrected chi connectivity index (χ2v) is 6.53. The molecule has 3 rings (SSSR count). The van der Waals surface area contributed by atoms with Crippen LogP contribution in [0.1, 0.15) is 39.0 Å². The van der Waals surface area contributed by atoms with Gasteiger partial charge in [0.15, 0.2) is 0 Å². The van der Waals surface area contributed by atoms with Gasteiger partial charge in [-0.3, -0.25) is 0 Å². The molecule has 4 heteroatoms. The van der Waals surface area contributed by atoms with E-state index in [-0.39, 0.29) is 11.7 Å². The Labute approximate surface area is 115 Å². The average Bonchev–Trinajstić information content (AvgIpc) is 2.85. The summed E-state index contributed by atoms with van der Waals surface area (Å²) in [6, 6.07) is 0. The van der Waals surface area contributed by atoms with Gasteiger partial charge in [-0.15, -0.1) is 0 Å². The maximum absolute atomic E-state index is 10.6. The van der Waals surface area contributed by atoms with Crippen LogP contribution in [-0.2, 0) is 14.2 Å². The van der Waals surface area contributed by atoms with E-state index < -0.39 is 0 Å². The van der Waals surface area contributed by atoms with Crippen LogP contribution in [0.2, 0.25) is 0 Å². The normalized spacial score (nSPS) is 40.4. The fourth-order valence-corrected chi connectivity index (χ4v) is 3.92. The molecular weight excluding hydrogens is 244 g/mol. The molecule has 4 atom stereocenters. The molecule has 0 radical (unpaired) electrons. The third-order valence-corrected chi connectivity index (χ3v) is 5.13. The maximum atomic E-state index is 10.6. The van der Waals surface area contributed by atoms with Gasteiger partial charge in [-0.2, -0.15) is 0 Å². The van der Waals surface area contributed by atoms with Crippen LogP contribution < -0.4 is 0 Å². The average molecular weight is 270 g/mol. The molecule has 0 aromatic carbocycles. The molecule has 110 valence electrons. The van der Waals surface area contributed by atoms with Crippen molar-refractivity contribution in [1.29, 1.82) is 0 Å². The zero-order valence-electron chi connectivity index (χ0n) is 11.8. The van der Waals surface area contributed by atoms with Gasteiger partial charge in [-0.25, -0.2) is 0 Å². The number of hydrogen-bond acceptors (Lipinski definition) is 4. The number of hydrogen-bond donors (Lipinski definition) is 1. The molecule has 3 fully saturated rings. The number of rotatable bonds is 2. The Balaban J connectivity index is 1.61. The summed E-state index contributed by atoms with van der Waals surface area (Å²) in [4.78, 5) is 0. The Hall–Kier alpha value is -0.160. The van der Waals surface area contributed by atoms with E-state index in [1.165, 1.54) is 0 Å². The lowest BCUT2D eigenvalue weighted by Crippen LogP contribution is -2.47. The largest absolute Gasteiger partial charge is 0.392 e. The van der Waals surface area contributed by atoms with Gasteiger partial charge < -0.3 is 19.3 Å². The van der Waals surface area contributed by atoms with Gasteiger partial charge in [-0.05, 0) is 44.9 Å². The highest BCUT2D eigenvalue weighted by Gasteiger charge is 2.43. The lowest BCUT2D eigenvalue weighted by atomic mass is 9.75. The van der Waals surface area contributed by atoms with E-state index in [0.29, 0.717) is 17.9 Å². The van der Waals surface area contributed by atoms with Crippen molar-refractivity contribution in [3.05, 3.63) is 0 Å². The van der Waals surface area contributed by atoms with Crippen LogP contribution in [0.5, 0.6) is 0 Å². The molecule has 0 aromatic rings. The summed E-state index contributed by atoms with van der Waals surface area (Å²) in [7, 11) is 0. The van der Waals surface area contributed by atoms with Crippen molar-refractivity contribution in [3.8, 4) is 0 Å². The van der Waals surface area contributed by atoms with Crippen molar-refractivity contribution in [2.75, 3.05) is 26.4 Å². The molecule has 19 heavy (non-hydrogen) atoms. The SMILES string of the molecule is CC1CC(C(O)C2CCOC3(CCOCC3)C2)CO1. The predicted octanol–water partition coefficient (Wildman–Crippen LogP) is 1.75. The summed E-state index contributed by atoms with van der Waals surface area (Å²) in [6.07, 6.45) is 5.00. The van der Waals surface area contributed by atoms with Crippen LogP contribution >= 0.6 is 0 Å². The van der Waals surface area contributed by atoms with Gasteiger partial charge >= 0.3 is 0 Å². The molecule has 3 saturated heterocycles. The Kier molecular flexibility index (Phi) is 4.13. The first-order valence-electron chi connectivity index (χ1n) is 7.70. The lowest BCUT2D eigenvalue weighted by molar-refractivity contribution is -0.162. The highest BCUT2D eigenvalue weighted by atomic mass is 16.5. The van der Waals surface area contributed by atoms with Crippen molar-refractivity contribution in [1.82, 2.24) is 0 Å². The van der Waals surface area contributed by atoms with E-state index in [0.717, 1.165) is 58.5 Å². The Morgan fingerprint density at radius 3 is 2.63 bits per heavy atom. The summed E-state index contributed by atoms with van der Waals surface area (Å²) >= 11 is 0. The third-order valence-electron chi connectivity index (χ3n) is 5.13. The minimum absolute atomic E-state index is 0.0206. The first kappa shape index (κ1) is 13.8. The lowest BCUT2D eigenvalue weighted by Gasteiger charge is -2.45. The molecule has 0 bridgehead atoms. The summed E-state index contributed by atoms with van der Waals surface area (Å²) in [6.45, 7) is 5.19. The molecule has 3 heterocycles. The summed E-state index contributed by atoms with van der Waals surface area (Å²) < 4.78 is 17.1. The molecule has 0 saturated carbocycles. The van der Waals surface area contributed by atoms with E-state index in [9.17, 15) is 5.11 Å². The quantitative estimate of drug-likeness (QED) is 0.830. The molecular formula is C15H26O4. The van der Waals surface area contributed by atoms with Crippen LogP contribution in [0.15, 0.2) is 0 Å². The van der Waals surface area contributed by atoms with Crippen molar-refractivity contribution in [2.45, 2.75) is 56.8 Å². The van der Waals surface area contributed by atoms with Gasteiger partial charge in [0.05, 0.1) is 24.4 Å². The van der Waals surface area contributed by atoms with Crippen LogP contribution in [0.3, 0.4) is 0 Å². The van der Waals surface area contributed by atoms with E-state index in [4.69, 9.17) is 14.2 Å². The number of aliphatic hydroxyl groups is 1. The monoisotopic (exact) mass is 270 g/mol. The summed E-state index contributed by atoms with van der Waals surface area (Å²) in [5.41, 5.74) is -0.0206. The summed E-state index contributed by atoms with van der Waals surface area (Å²) in [5.74, 6) is 0.681. The van der Waals surface area contributed by atoms with E-state index in [1.807, 2.05) is 0 Å². The molecule has 3 aliphatic heterocycles. The Morgan fingerprint density at radius 2 is 1.95 bits per heavy atom. The highest BCUT2D eigenvalue weighted by Crippen LogP contribution is 2.40. The highest BCUT2D eigenvalue weighted by molar-refractivity contribution is 4.93. The Bertz CT molecular complexity index is 295. The van der Waals surface area contributed by atoms with Crippen LogP contribution in [0, 0.1) is 11.8 Å². The van der Waals surface area contributed by atoms with Crippen molar-refractivity contribution >= 4 is 0 Å². The number of aliphatic hydroxyl groups excluding tert-OH is 1. The fraction of sp³-hybridized carbons (Fsp3) is 1.00. The van der Waals surface area contributed by atoms with Crippen LogP contribution in [0.4, 0.5) is 0 Å². The molecule has 0 aliphatic carbocycles. The Morgan fingerprint density at radius 1 is 1.16 bits per heavy atom. The topological polar surface area (TPSA) is 47.9 Å². The van der Waals surface area contributed by atoms with E-state index >= 15 is 0 Å². The van der Waals surface area contributed by atoms with Crippen molar-refractivity contribution in [3.63, 3.8) is 0 Å². The van der Waals surface area contributed by atoms with E-state index in [2.05, 4.69) is 6.92 Å². The first-order valence-corrected chi connectivity index (χ1v) is 7.70. The zero-order chi connectivity index (χ0) is 13.3. The molecule has 0 aromatic heterocycles. The first-order chi connectivity index (χ1) is 9.19. The standard InChI is InChI=1S/C15H26O4/c1-11-8-13(10-18-11)14(16)12-2-5-19-15(9-12)3-6-17-7-4-15/h11-14,16H,2-10H2,1H3. The molecule has 4 nitrogen and oxygen atoms in total. The minimum Gasteiger partial charge on any atom is -0.392 e. The van der Waals surface area contributed by atoms with E-state index in [1.54, 1.807) is 0 Å². The van der Waals surface area contributed by atoms with Gasteiger partial charge in [0.1, 0.15) is 0 Å². The minimum atomic E-state index is -0.228. The molecule has 1 spiro atoms. The fourth-order valence-electron chi connectivity index (χ4n) is 3.92. The second-order valence-electron chi connectivity index (χ2n) is 6.53. The van der Waals surface area contributed by atoms with Crippen molar-refractivity contribution in [2.24, 2.45) is 11.8 Å². The molecule has 0 amide bonds. The van der Waals surface area contributed by atoms with Crippen LogP contribution in [-0.4, -0.2) is 49.3 Å². The maximum Gasteiger partial charge on any atom is 0.0730 e. The van der Waals surface area contributed by atoms with Gasteiger partial charge in [0, 0.05) is 25.7 Å². The predicted molar refractivity (Wildman–Crippen MR) is 71.0 cm³/mol. The van der Waals surface area contributed by atoms with Gasteiger partial charge in [-0.1, -0.05) is 0 Å². The molecule has 1 N–H and O–H groups in total. The molecule has 3 aliphatic rings. The zero-order valence-corrected chi connectivity index (χ0v) is 11.8. The van der Waals surface area contributed by atoms with Crippen LogP contribution in [0.25, 0.3) is 0 Å². The van der Waals surface area contributed by atoms with Gasteiger partial charge in [0.25, 0.3) is 0 Å². The van der Waals surface area contributed by atoms with Gasteiger partial charge in [0.2, 0.25) is 0 Å². The number of ether oxygens (including phenoxy) is 3. The van der Waals surface area contributed by atoms with Crippen molar-refractivity contribution < 1.29 is 19.3 Å². The molecule has 4 unspecified atom stereocenters.